The molecule has 5 heteroatoms. The minimum absolute atomic E-state index is 0.183. The van der Waals surface area contributed by atoms with Gasteiger partial charge in [-0.3, -0.25) is 4.79 Å². The summed E-state index contributed by atoms with van der Waals surface area (Å²) < 4.78 is 29.7. The molecule has 0 spiro atoms. The molecule has 0 aliphatic heterocycles. The van der Waals surface area contributed by atoms with Crippen molar-refractivity contribution >= 4 is 5.91 Å². The molecule has 0 fully saturated rings. The van der Waals surface area contributed by atoms with Crippen molar-refractivity contribution in [2.75, 3.05) is 6.54 Å². The van der Waals surface area contributed by atoms with E-state index in [1.165, 1.54) is 12.1 Å². The maximum atomic E-state index is 14.6. The van der Waals surface area contributed by atoms with Crippen LogP contribution < -0.4 is 5.32 Å². The van der Waals surface area contributed by atoms with Gasteiger partial charge in [0.15, 0.2) is 0 Å². The lowest BCUT2D eigenvalue weighted by molar-refractivity contribution is 0.0952. The molecular weight excluding hydrogens is 370 g/mol. The summed E-state index contributed by atoms with van der Waals surface area (Å²) in [5.41, 5.74) is 2.85. The lowest BCUT2D eigenvalue weighted by atomic mass is 10.1. The summed E-state index contributed by atoms with van der Waals surface area (Å²) in [6.45, 7) is 4.53. The van der Waals surface area contributed by atoms with Gasteiger partial charge in [0.2, 0.25) is 0 Å². The van der Waals surface area contributed by atoms with Gasteiger partial charge in [0.25, 0.3) is 5.91 Å². The van der Waals surface area contributed by atoms with Crippen LogP contribution in [0.5, 0.6) is 0 Å². The molecule has 29 heavy (non-hydrogen) atoms. The van der Waals surface area contributed by atoms with Gasteiger partial charge in [-0.25, -0.2) is 8.78 Å². The SMILES string of the molecule is CCCCCCNC(=O)c1cc(-c2ccccc2)n(-c2ccc(F)cc2F)c1C. The standard InChI is InChI=1S/C24H26F2N2O/c1-3-4-5-9-14-27-24(29)20-16-23(18-10-7-6-8-11-18)28(17(20)2)22-13-12-19(25)15-21(22)26/h6-8,10-13,15-16H,3-5,9,14H2,1-2H3,(H,27,29). The normalized spacial score (nSPS) is 10.9. The second-order valence-corrected chi connectivity index (χ2v) is 7.14. The predicted octanol–water partition coefficient (Wildman–Crippen LogP) is 6.04. The average Bonchev–Trinajstić information content (AvgIpc) is 3.05. The Morgan fingerprint density at radius 2 is 1.76 bits per heavy atom. The summed E-state index contributed by atoms with van der Waals surface area (Å²) >= 11 is 0. The van der Waals surface area contributed by atoms with Crippen molar-refractivity contribution in [1.29, 1.82) is 0 Å². The number of carbonyl (C=O) groups is 1. The van der Waals surface area contributed by atoms with Gasteiger partial charge < -0.3 is 9.88 Å². The fourth-order valence-corrected chi connectivity index (χ4v) is 3.48. The molecular formula is C24H26F2N2O. The number of hydrogen-bond acceptors (Lipinski definition) is 1. The van der Waals surface area contributed by atoms with Crippen molar-refractivity contribution in [2.45, 2.75) is 39.5 Å². The van der Waals surface area contributed by atoms with Crippen LogP contribution in [-0.2, 0) is 0 Å². The fourth-order valence-electron chi connectivity index (χ4n) is 3.48. The second kappa shape index (κ2) is 9.50. The molecule has 0 radical (unpaired) electrons. The second-order valence-electron chi connectivity index (χ2n) is 7.14. The van der Waals surface area contributed by atoms with E-state index in [1.807, 2.05) is 30.3 Å². The van der Waals surface area contributed by atoms with Crippen LogP contribution in [0.1, 0.15) is 48.7 Å². The third kappa shape index (κ3) is 4.73. The molecule has 1 heterocycles. The molecule has 0 unspecified atom stereocenters. The van der Waals surface area contributed by atoms with E-state index in [4.69, 9.17) is 0 Å². The summed E-state index contributed by atoms with van der Waals surface area (Å²) in [5.74, 6) is -1.49. The molecule has 0 saturated carbocycles. The molecule has 1 aromatic heterocycles. The third-order valence-electron chi connectivity index (χ3n) is 5.03. The molecule has 3 rings (SSSR count). The lowest BCUT2D eigenvalue weighted by Gasteiger charge is -2.13. The summed E-state index contributed by atoms with van der Waals surface area (Å²) in [6.07, 6.45) is 4.29. The third-order valence-corrected chi connectivity index (χ3v) is 5.03. The van der Waals surface area contributed by atoms with Crippen molar-refractivity contribution in [1.82, 2.24) is 9.88 Å². The zero-order valence-electron chi connectivity index (χ0n) is 16.8. The monoisotopic (exact) mass is 396 g/mol. The number of nitrogens with zero attached hydrogens (tertiary/aromatic N) is 1. The first kappa shape index (κ1) is 20.8. The largest absolute Gasteiger partial charge is 0.352 e. The van der Waals surface area contributed by atoms with Gasteiger partial charge in [0, 0.05) is 18.3 Å². The number of carbonyl (C=O) groups excluding carboxylic acids is 1. The molecule has 0 saturated heterocycles. The number of amides is 1. The molecule has 0 aliphatic rings. The predicted molar refractivity (Wildman–Crippen MR) is 112 cm³/mol. The molecule has 152 valence electrons. The highest BCUT2D eigenvalue weighted by Gasteiger charge is 2.21. The van der Waals surface area contributed by atoms with E-state index in [9.17, 15) is 13.6 Å². The van der Waals surface area contributed by atoms with Gasteiger partial charge in [0.1, 0.15) is 11.6 Å². The van der Waals surface area contributed by atoms with Gasteiger partial charge in [-0.05, 0) is 37.1 Å². The van der Waals surface area contributed by atoms with Crippen LogP contribution >= 0.6 is 0 Å². The first-order valence-corrected chi connectivity index (χ1v) is 10.0. The number of aromatic nitrogens is 1. The Hall–Kier alpha value is -2.95. The summed E-state index contributed by atoms with van der Waals surface area (Å²) in [7, 11) is 0. The molecule has 3 nitrogen and oxygen atoms in total. The Kier molecular flexibility index (Phi) is 6.81. The molecule has 0 atom stereocenters. The van der Waals surface area contributed by atoms with E-state index in [0.717, 1.165) is 37.3 Å². The van der Waals surface area contributed by atoms with Gasteiger partial charge >= 0.3 is 0 Å². The number of unbranched alkanes of at least 4 members (excludes halogenated alkanes) is 3. The first-order chi connectivity index (χ1) is 14.0. The maximum absolute atomic E-state index is 14.6. The highest BCUT2D eigenvalue weighted by molar-refractivity contribution is 5.97. The Balaban J connectivity index is 1.99. The summed E-state index contributed by atoms with van der Waals surface area (Å²) in [5, 5.41) is 2.96. The zero-order chi connectivity index (χ0) is 20.8. The van der Waals surface area contributed by atoms with E-state index in [2.05, 4.69) is 12.2 Å². The van der Waals surface area contributed by atoms with Crippen molar-refractivity contribution in [2.24, 2.45) is 0 Å². The van der Waals surface area contributed by atoms with Gasteiger partial charge in [-0.15, -0.1) is 0 Å². The fraction of sp³-hybridized carbons (Fsp3) is 0.292. The number of hydrogen-bond donors (Lipinski definition) is 1. The number of nitrogens with one attached hydrogen (secondary N) is 1. The van der Waals surface area contributed by atoms with Crippen LogP contribution in [0.25, 0.3) is 16.9 Å². The first-order valence-electron chi connectivity index (χ1n) is 10.0. The highest BCUT2D eigenvalue weighted by Crippen LogP contribution is 2.30. The molecule has 1 N–H and O–H groups in total. The number of benzene rings is 2. The Morgan fingerprint density at radius 3 is 2.45 bits per heavy atom. The van der Waals surface area contributed by atoms with Gasteiger partial charge in [0.05, 0.1) is 16.9 Å². The minimum Gasteiger partial charge on any atom is -0.352 e. The quantitative estimate of drug-likeness (QED) is 0.463. The zero-order valence-corrected chi connectivity index (χ0v) is 16.8. The van der Waals surface area contributed by atoms with Crippen molar-refractivity contribution in [3.8, 4) is 16.9 Å². The Morgan fingerprint density at radius 1 is 1.00 bits per heavy atom. The number of rotatable bonds is 8. The van der Waals surface area contributed by atoms with Crippen LogP contribution in [0.15, 0.2) is 54.6 Å². The average molecular weight is 396 g/mol. The van der Waals surface area contributed by atoms with E-state index in [1.54, 1.807) is 17.6 Å². The molecule has 1 amide bonds. The minimum atomic E-state index is -0.674. The maximum Gasteiger partial charge on any atom is 0.253 e. The van der Waals surface area contributed by atoms with E-state index < -0.39 is 11.6 Å². The topological polar surface area (TPSA) is 34.0 Å². The van der Waals surface area contributed by atoms with Gasteiger partial charge in [-0.2, -0.15) is 0 Å². The van der Waals surface area contributed by atoms with Crippen LogP contribution in [0.3, 0.4) is 0 Å². The lowest BCUT2D eigenvalue weighted by Crippen LogP contribution is -2.24. The summed E-state index contributed by atoms with van der Waals surface area (Å²) in [6, 6.07) is 14.7. The Labute approximate surface area is 170 Å². The Bertz CT molecular complexity index is 980. The van der Waals surface area contributed by atoms with Crippen LogP contribution in [0.4, 0.5) is 8.78 Å². The molecule has 0 bridgehead atoms. The smallest absolute Gasteiger partial charge is 0.253 e. The van der Waals surface area contributed by atoms with Crippen molar-refractivity contribution in [3.63, 3.8) is 0 Å². The summed E-state index contributed by atoms with van der Waals surface area (Å²) in [4.78, 5) is 12.8. The van der Waals surface area contributed by atoms with Crippen LogP contribution in [-0.4, -0.2) is 17.0 Å². The van der Waals surface area contributed by atoms with E-state index in [0.29, 0.717) is 23.5 Å². The van der Waals surface area contributed by atoms with E-state index >= 15 is 0 Å². The van der Waals surface area contributed by atoms with E-state index in [-0.39, 0.29) is 11.6 Å². The number of halogens is 2. The van der Waals surface area contributed by atoms with Crippen molar-refractivity contribution < 1.29 is 13.6 Å². The molecule has 3 aromatic rings. The van der Waals surface area contributed by atoms with Crippen LogP contribution in [0, 0.1) is 18.6 Å². The highest BCUT2D eigenvalue weighted by atomic mass is 19.1. The molecule has 2 aromatic carbocycles. The molecule has 0 aliphatic carbocycles. The van der Waals surface area contributed by atoms with Crippen molar-refractivity contribution in [3.05, 3.63) is 77.5 Å². The van der Waals surface area contributed by atoms with Crippen LogP contribution in [0.2, 0.25) is 0 Å². The van der Waals surface area contributed by atoms with Gasteiger partial charge in [-0.1, -0.05) is 56.5 Å².